The van der Waals surface area contributed by atoms with E-state index in [9.17, 15) is 8.78 Å². The van der Waals surface area contributed by atoms with Gasteiger partial charge in [0, 0.05) is 11.1 Å². The van der Waals surface area contributed by atoms with Crippen molar-refractivity contribution in [2.45, 2.75) is 31.2 Å². The third-order valence-electron chi connectivity index (χ3n) is 3.30. The van der Waals surface area contributed by atoms with Gasteiger partial charge in [-0.3, -0.25) is 0 Å². The van der Waals surface area contributed by atoms with Crippen LogP contribution < -0.4 is 15.2 Å². The molecule has 1 aliphatic heterocycles. The minimum absolute atomic E-state index is 0.00553. The second-order valence-corrected chi connectivity index (χ2v) is 4.74. The lowest BCUT2D eigenvalue weighted by atomic mass is 9.98. The van der Waals surface area contributed by atoms with E-state index in [1.165, 1.54) is 6.07 Å². The molecule has 0 amide bonds. The Morgan fingerprint density at radius 2 is 1.88 bits per heavy atom. The molecule has 1 aromatic rings. The monoisotopic (exact) mass is 241 g/mol. The maximum absolute atomic E-state index is 13.0. The van der Waals surface area contributed by atoms with Crippen molar-refractivity contribution in [1.29, 1.82) is 0 Å². The molecule has 1 fully saturated rings. The number of fused-ring (bicyclic) bond motifs is 1. The van der Waals surface area contributed by atoms with Crippen LogP contribution in [0.3, 0.4) is 0 Å². The fourth-order valence-electron chi connectivity index (χ4n) is 2.07. The molecule has 92 valence electrons. The number of rotatable bonds is 3. The highest BCUT2D eigenvalue weighted by Crippen LogP contribution is 2.42. The van der Waals surface area contributed by atoms with Gasteiger partial charge in [0.25, 0.3) is 6.43 Å². The number of hydrogen-bond acceptors (Lipinski definition) is 3. The zero-order chi connectivity index (χ0) is 12.0. The Hall–Kier alpha value is -1.36. The Bertz CT molecular complexity index is 458. The predicted molar refractivity (Wildman–Crippen MR) is 57.4 cm³/mol. The van der Waals surface area contributed by atoms with Gasteiger partial charge in [-0.1, -0.05) is 0 Å². The third-order valence-corrected chi connectivity index (χ3v) is 3.30. The van der Waals surface area contributed by atoms with E-state index in [0.717, 1.165) is 12.8 Å². The van der Waals surface area contributed by atoms with E-state index in [2.05, 4.69) is 0 Å². The van der Waals surface area contributed by atoms with Crippen molar-refractivity contribution < 1.29 is 18.3 Å². The summed E-state index contributed by atoms with van der Waals surface area (Å²) in [7, 11) is 0. The Labute approximate surface area is 97.5 Å². The summed E-state index contributed by atoms with van der Waals surface area (Å²) in [4.78, 5) is 0. The SMILES string of the molecule is NC1(Cc2cc3c(cc2C(F)F)OCO3)CC1. The highest BCUT2D eigenvalue weighted by atomic mass is 19.3. The molecule has 3 nitrogen and oxygen atoms in total. The molecular formula is C12H13F2NO2. The molecule has 1 heterocycles. The van der Waals surface area contributed by atoms with Gasteiger partial charge in [-0.2, -0.15) is 0 Å². The van der Waals surface area contributed by atoms with E-state index in [1.54, 1.807) is 6.07 Å². The fraction of sp³-hybridized carbons (Fsp3) is 0.500. The van der Waals surface area contributed by atoms with Gasteiger partial charge >= 0.3 is 0 Å². The van der Waals surface area contributed by atoms with Gasteiger partial charge in [0.1, 0.15) is 0 Å². The van der Waals surface area contributed by atoms with Crippen LogP contribution in [0, 0.1) is 0 Å². The predicted octanol–water partition coefficient (Wildman–Crippen LogP) is 2.39. The molecule has 3 rings (SSSR count). The first-order valence-electron chi connectivity index (χ1n) is 5.57. The maximum Gasteiger partial charge on any atom is 0.264 e. The molecule has 0 saturated heterocycles. The molecule has 1 aromatic carbocycles. The van der Waals surface area contributed by atoms with Crippen LogP contribution in [0.5, 0.6) is 11.5 Å². The number of benzene rings is 1. The normalized spacial score (nSPS) is 19.8. The van der Waals surface area contributed by atoms with E-state index >= 15 is 0 Å². The van der Waals surface area contributed by atoms with E-state index in [-0.39, 0.29) is 17.9 Å². The Morgan fingerprint density at radius 3 is 2.47 bits per heavy atom. The van der Waals surface area contributed by atoms with Crippen molar-refractivity contribution in [3.05, 3.63) is 23.3 Å². The van der Waals surface area contributed by atoms with Gasteiger partial charge in [0.05, 0.1) is 0 Å². The summed E-state index contributed by atoms with van der Waals surface area (Å²) in [6.45, 7) is 0.0925. The number of halogens is 2. The largest absolute Gasteiger partial charge is 0.454 e. The summed E-state index contributed by atoms with van der Waals surface area (Å²) < 4.78 is 36.2. The Kier molecular flexibility index (Phi) is 2.26. The Morgan fingerprint density at radius 1 is 1.24 bits per heavy atom. The zero-order valence-electron chi connectivity index (χ0n) is 9.21. The molecule has 0 atom stereocenters. The molecule has 2 N–H and O–H groups in total. The second-order valence-electron chi connectivity index (χ2n) is 4.74. The van der Waals surface area contributed by atoms with Crippen LogP contribution in [0.25, 0.3) is 0 Å². The molecule has 1 aliphatic carbocycles. The van der Waals surface area contributed by atoms with Crippen molar-refractivity contribution in [2.24, 2.45) is 5.73 Å². The Balaban J connectivity index is 1.99. The molecular weight excluding hydrogens is 228 g/mol. The molecule has 0 spiro atoms. The first-order chi connectivity index (χ1) is 8.07. The lowest BCUT2D eigenvalue weighted by molar-refractivity contribution is 0.149. The molecule has 0 unspecified atom stereocenters. The lowest BCUT2D eigenvalue weighted by Gasteiger charge is -2.14. The van der Waals surface area contributed by atoms with Crippen LogP contribution in [0.15, 0.2) is 12.1 Å². The highest BCUT2D eigenvalue weighted by molar-refractivity contribution is 5.49. The molecule has 2 aliphatic rings. The first kappa shape index (κ1) is 10.8. The van der Waals surface area contributed by atoms with Crippen molar-refractivity contribution in [2.75, 3.05) is 6.79 Å². The minimum atomic E-state index is -2.51. The zero-order valence-corrected chi connectivity index (χ0v) is 9.21. The van der Waals surface area contributed by atoms with E-state index in [0.29, 0.717) is 23.5 Å². The standard InChI is InChI=1S/C12H13F2NO2/c13-11(14)8-4-10-9(16-6-17-10)3-7(8)5-12(15)1-2-12/h3-4,11H,1-2,5-6,15H2. The third kappa shape index (κ3) is 1.95. The van der Waals surface area contributed by atoms with Crippen molar-refractivity contribution in [1.82, 2.24) is 0 Å². The topological polar surface area (TPSA) is 44.5 Å². The summed E-state index contributed by atoms with van der Waals surface area (Å²) in [5.74, 6) is 0.930. The van der Waals surface area contributed by atoms with E-state index < -0.39 is 6.43 Å². The van der Waals surface area contributed by atoms with E-state index in [4.69, 9.17) is 15.2 Å². The van der Waals surface area contributed by atoms with Crippen LogP contribution >= 0.6 is 0 Å². The summed E-state index contributed by atoms with van der Waals surface area (Å²) in [6, 6.07) is 3.00. The average molecular weight is 241 g/mol. The van der Waals surface area contributed by atoms with Gasteiger partial charge in [-0.25, -0.2) is 8.78 Å². The van der Waals surface area contributed by atoms with Crippen LogP contribution in [0.2, 0.25) is 0 Å². The molecule has 5 heteroatoms. The molecule has 1 saturated carbocycles. The first-order valence-corrected chi connectivity index (χ1v) is 5.57. The number of nitrogens with two attached hydrogens (primary N) is 1. The molecule has 0 aromatic heterocycles. The van der Waals surface area contributed by atoms with Crippen LogP contribution in [-0.4, -0.2) is 12.3 Å². The second kappa shape index (κ2) is 3.57. The van der Waals surface area contributed by atoms with Crippen molar-refractivity contribution in [3.63, 3.8) is 0 Å². The maximum atomic E-state index is 13.0. The van der Waals surface area contributed by atoms with Gasteiger partial charge in [-0.05, 0) is 37.0 Å². The van der Waals surface area contributed by atoms with Crippen molar-refractivity contribution >= 4 is 0 Å². The number of hydrogen-bond donors (Lipinski definition) is 1. The van der Waals surface area contributed by atoms with Gasteiger partial charge in [0.15, 0.2) is 11.5 Å². The number of alkyl halides is 2. The minimum Gasteiger partial charge on any atom is -0.454 e. The smallest absolute Gasteiger partial charge is 0.264 e. The van der Waals surface area contributed by atoms with E-state index in [1.807, 2.05) is 0 Å². The molecule has 0 bridgehead atoms. The highest BCUT2D eigenvalue weighted by Gasteiger charge is 2.39. The summed E-state index contributed by atoms with van der Waals surface area (Å²) in [6.07, 6.45) is -0.251. The van der Waals surface area contributed by atoms with Crippen LogP contribution in [0.4, 0.5) is 8.78 Å². The average Bonchev–Trinajstić information content (AvgIpc) is 2.83. The quantitative estimate of drug-likeness (QED) is 0.883. The summed E-state index contributed by atoms with van der Waals surface area (Å²) >= 11 is 0. The fourth-order valence-corrected chi connectivity index (χ4v) is 2.07. The van der Waals surface area contributed by atoms with Crippen LogP contribution in [-0.2, 0) is 6.42 Å². The molecule has 0 radical (unpaired) electrons. The number of ether oxygens (including phenoxy) is 2. The summed E-state index contributed by atoms with van der Waals surface area (Å²) in [5.41, 5.74) is 6.26. The van der Waals surface area contributed by atoms with Gasteiger partial charge in [-0.15, -0.1) is 0 Å². The lowest BCUT2D eigenvalue weighted by Crippen LogP contribution is -2.25. The van der Waals surface area contributed by atoms with Gasteiger partial charge in [0.2, 0.25) is 6.79 Å². The van der Waals surface area contributed by atoms with Crippen molar-refractivity contribution in [3.8, 4) is 11.5 Å². The van der Waals surface area contributed by atoms with Gasteiger partial charge < -0.3 is 15.2 Å². The summed E-state index contributed by atoms with van der Waals surface area (Å²) in [5, 5.41) is 0. The molecule has 17 heavy (non-hydrogen) atoms. The van der Waals surface area contributed by atoms with Crippen LogP contribution in [0.1, 0.15) is 30.4 Å².